The van der Waals surface area contributed by atoms with E-state index in [9.17, 15) is 29.4 Å². The molecule has 0 saturated carbocycles. The Hall–Kier alpha value is -5.33. The summed E-state index contributed by atoms with van der Waals surface area (Å²) in [4.78, 5) is 52.7. The van der Waals surface area contributed by atoms with Crippen molar-refractivity contribution in [2.75, 3.05) is 64.7 Å². The van der Waals surface area contributed by atoms with Crippen LogP contribution in [0.3, 0.4) is 0 Å². The molecule has 3 aliphatic rings. The number of aromatic hydroxyl groups is 2. The Kier molecular flexibility index (Phi) is 12.0. The summed E-state index contributed by atoms with van der Waals surface area (Å²) in [6.45, 7) is 2.82. The fraction of sp³-hybridized carbons (Fsp3) is 0.361. The van der Waals surface area contributed by atoms with E-state index < -0.39 is 29.4 Å². The lowest BCUT2D eigenvalue weighted by atomic mass is 9.77. The average molecular weight is 752 g/mol. The molecule has 17 heteroatoms. The van der Waals surface area contributed by atoms with Gasteiger partial charge in [0.15, 0.2) is 10.7 Å². The van der Waals surface area contributed by atoms with Gasteiger partial charge in [-0.3, -0.25) is 9.59 Å². The van der Waals surface area contributed by atoms with E-state index in [1.54, 1.807) is 30.3 Å². The second kappa shape index (κ2) is 17.0. The summed E-state index contributed by atoms with van der Waals surface area (Å²) in [5.74, 6) is -1.77. The van der Waals surface area contributed by atoms with Gasteiger partial charge >= 0.3 is 11.9 Å². The highest BCUT2D eigenvalue weighted by molar-refractivity contribution is 7.80. The van der Waals surface area contributed by atoms with Gasteiger partial charge in [-0.1, -0.05) is 6.07 Å². The molecule has 3 aromatic carbocycles. The Balaban J connectivity index is 0.846. The summed E-state index contributed by atoms with van der Waals surface area (Å²) in [5, 5.41) is 27.2. The normalized spacial score (nSPS) is 15.0. The maximum atomic E-state index is 13.3. The summed E-state index contributed by atoms with van der Waals surface area (Å²) in [7, 11) is 0. The van der Waals surface area contributed by atoms with Crippen molar-refractivity contribution in [3.05, 3.63) is 76.9 Å². The van der Waals surface area contributed by atoms with Crippen molar-refractivity contribution >= 4 is 46.8 Å². The first-order chi connectivity index (χ1) is 25.7. The van der Waals surface area contributed by atoms with Crippen molar-refractivity contribution in [1.82, 2.24) is 10.4 Å². The number of ether oxygens (including phenoxy) is 6. The minimum absolute atomic E-state index is 0.0231. The van der Waals surface area contributed by atoms with Crippen LogP contribution in [0.1, 0.15) is 46.3 Å². The number of hydrogen-bond acceptors (Lipinski definition) is 14. The molecule has 3 aliphatic heterocycles. The molecule has 3 heterocycles. The number of phenolic OH excluding ortho intramolecular Hbond substituents is 2. The highest BCUT2D eigenvalue weighted by atomic mass is 32.1. The molecule has 3 aromatic rings. The van der Waals surface area contributed by atoms with Crippen LogP contribution in [0.4, 0.5) is 5.69 Å². The predicted octanol–water partition coefficient (Wildman–Crippen LogP) is 3.02. The molecule has 0 bridgehead atoms. The molecule has 16 nitrogen and oxygen atoms in total. The topological polar surface area (TPSA) is 201 Å². The molecule has 4 N–H and O–H groups in total. The zero-order valence-electron chi connectivity index (χ0n) is 28.4. The van der Waals surface area contributed by atoms with Gasteiger partial charge in [0.25, 0.3) is 11.8 Å². The third-order valence-corrected chi connectivity index (χ3v) is 8.58. The van der Waals surface area contributed by atoms with Crippen molar-refractivity contribution in [1.29, 1.82) is 0 Å². The van der Waals surface area contributed by atoms with Gasteiger partial charge in [0.1, 0.15) is 23.0 Å². The zero-order chi connectivity index (χ0) is 37.4. The second-order valence-electron chi connectivity index (χ2n) is 11.9. The number of fused-ring (bicyclic) bond motifs is 6. The maximum absolute atomic E-state index is 13.3. The molecule has 2 amide bonds. The lowest BCUT2D eigenvalue weighted by Crippen LogP contribution is -2.33. The molecular formula is C36H37N3O13S. The molecule has 1 saturated heterocycles. The van der Waals surface area contributed by atoms with E-state index in [0.717, 1.165) is 0 Å². The van der Waals surface area contributed by atoms with Gasteiger partial charge in [0.2, 0.25) is 0 Å². The summed E-state index contributed by atoms with van der Waals surface area (Å²) >= 11 is 5.43. The fourth-order valence-corrected chi connectivity index (χ4v) is 6.14. The second-order valence-corrected chi connectivity index (χ2v) is 12.3. The van der Waals surface area contributed by atoms with Crippen LogP contribution in [0.25, 0.3) is 0 Å². The van der Waals surface area contributed by atoms with Gasteiger partial charge in [-0.2, -0.15) is 0 Å². The molecule has 0 radical (unpaired) electrons. The number of nitrogens with one attached hydrogen (secondary N) is 2. The lowest BCUT2D eigenvalue weighted by molar-refractivity contribution is -0.198. The Morgan fingerprint density at radius 3 is 1.91 bits per heavy atom. The van der Waals surface area contributed by atoms with Crippen LogP contribution in [-0.4, -0.2) is 104 Å². The number of phenols is 2. The summed E-state index contributed by atoms with van der Waals surface area (Å²) in [6, 6.07) is 14.4. The molecule has 0 aromatic heterocycles. The highest BCUT2D eigenvalue weighted by Gasteiger charge is 2.53. The zero-order valence-corrected chi connectivity index (χ0v) is 29.2. The minimum atomic E-state index is -1.35. The van der Waals surface area contributed by atoms with E-state index in [2.05, 4.69) is 10.6 Å². The summed E-state index contributed by atoms with van der Waals surface area (Å²) in [6.07, 6.45) is -0.0175. The SMILES string of the molecule is O=C(CCOCCOCCOCCOCCNC(=S)Nc1ccc2c(c1)C(=O)OC21c2ccc(O)cc2Oc2cc(O)ccc21)ON1C(=O)CCC1=O. The van der Waals surface area contributed by atoms with E-state index in [0.29, 0.717) is 95.8 Å². The number of esters is 1. The number of carbonyl (C=O) groups is 4. The quantitative estimate of drug-likeness (QED) is 0.0678. The Morgan fingerprint density at radius 1 is 0.755 bits per heavy atom. The molecule has 0 unspecified atom stereocenters. The number of amides is 2. The summed E-state index contributed by atoms with van der Waals surface area (Å²) < 4.78 is 33.8. The van der Waals surface area contributed by atoms with Crippen molar-refractivity contribution in [2.24, 2.45) is 0 Å². The molecule has 280 valence electrons. The highest BCUT2D eigenvalue weighted by Crippen LogP contribution is 2.57. The van der Waals surface area contributed by atoms with E-state index in [1.807, 2.05) is 0 Å². The molecule has 6 rings (SSSR count). The largest absolute Gasteiger partial charge is 0.508 e. The predicted molar refractivity (Wildman–Crippen MR) is 187 cm³/mol. The van der Waals surface area contributed by atoms with E-state index >= 15 is 0 Å². The fourth-order valence-electron chi connectivity index (χ4n) is 5.92. The lowest BCUT2D eigenvalue weighted by Gasteiger charge is -2.36. The van der Waals surface area contributed by atoms with Crippen molar-refractivity contribution in [2.45, 2.75) is 24.9 Å². The number of hydrogen-bond donors (Lipinski definition) is 4. The third kappa shape index (κ3) is 8.66. The van der Waals surface area contributed by atoms with Crippen LogP contribution in [0.2, 0.25) is 0 Å². The standard InChI is InChI=1S/C36H37N3O13S/c40-23-2-5-27-29(20-23)50-30-21-24(41)3-6-28(30)36(27)26-4-1-22(19-25(26)34(45)51-36)38-35(53)37-10-12-47-14-16-49-18-17-48-15-13-46-11-9-33(44)52-39-31(42)7-8-32(39)43/h1-6,19-21,40-41H,7-18H2,(H2,37,38,53). The van der Waals surface area contributed by atoms with Gasteiger partial charge in [-0.25, -0.2) is 9.59 Å². The molecule has 0 aliphatic carbocycles. The van der Waals surface area contributed by atoms with E-state index in [-0.39, 0.29) is 44.0 Å². The Morgan fingerprint density at radius 2 is 1.30 bits per heavy atom. The third-order valence-electron chi connectivity index (χ3n) is 8.33. The van der Waals surface area contributed by atoms with Crippen LogP contribution < -0.4 is 15.4 Å². The first-order valence-electron chi connectivity index (χ1n) is 16.8. The van der Waals surface area contributed by atoms with Crippen molar-refractivity contribution < 1.29 is 62.6 Å². The van der Waals surface area contributed by atoms with Crippen molar-refractivity contribution in [3.63, 3.8) is 0 Å². The van der Waals surface area contributed by atoms with Crippen LogP contribution >= 0.6 is 12.2 Å². The number of benzene rings is 3. The first kappa shape index (κ1) is 37.4. The van der Waals surface area contributed by atoms with Gasteiger partial charge < -0.3 is 54.1 Å². The van der Waals surface area contributed by atoms with E-state index in [1.165, 1.54) is 24.3 Å². The number of carbonyl (C=O) groups excluding carboxylic acids is 4. The maximum Gasteiger partial charge on any atom is 0.340 e. The monoisotopic (exact) mass is 751 g/mol. The van der Waals surface area contributed by atoms with Crippen LogP contribution in [0.15, 0.2) is 54.6 Å². The first-order valence-corrected chi connectivity index (χ1v) is 17.2. The number of anilines is 1. The number of nitrogens with zero attached hydrogens (tertiary/aromatic N) is 1. The van der Waals surface area contributed by atoms with Gasteiger partial charge in [0.05, 0.1) is 64.8 Å². The Bertz CT molecular complexity index is 1820. The molecule has 1 fully saturated rings. The smallest absolute Gasteiger partial charge is 0.340 e. The number of imide groups is 1. The number of thiocarbonyl (C=S) groups is 1. The minimum Gasteiger partial charge on any atom is -0.508 e. The molecule has 1 spiro atoms. The van der Waals surface area contributed by atoms with Gasteiger partial charge in [-0.15, -0.1) is 5.06 Å². The van der Waals surface area contributed by atoms with Crippen LogP contribution in [-0.2, 0) is 48.5 Å². The molecular weight excluding hydrogens is 714 g/mol. The van der Waals surface area contributed by atoms with Gasteiger partial charge in [0, 0.05) is 53.9 Å². The Labute approximate surface area is 308 Å². The number of rotatable bonds is 17. The summed E-state index contributed by atoms with van der Waals surface area (Å²) in [5.41, 5.74) is 1.20. The molecule has 0 atom stereocenters. The van der Waals surface area contributed by atoms with Crippen molar-refractivity contribution in [3.8, 4) is 23.0 Å². The van der Waals surface area contributed by atoms with Crippen LogP contribution in [0, 0.1) is 0 Å². The van der Waals surface area contributed by atoms with E-state index in [4.69, 9.17) is 45.5 Å². The average Bonchev–Trinajstić information content (AvgIpc) is 3.60. The van der Waals surface area contributed by atoms with Crippen LogP contribution in [0.5, 0.6) is 23.0 Å². The molecule has 53 heavy (non-hydrogen) atoms. The number of hydroxylamine groups is 2. The van der Waals surface area contributed by atoms with Gasteiger partial charge in [-0.05, 0) is 48.6 Å².